The molecule has 0 aromatic heterocycles. The molecular formula is C14H18F2N2O. The highest BCUT2D eigenvalue weighted by molar-refractivity contribution is 5.89. The van der Waals surface area contributed by atoms with Crippen LogP contribution in [0.3, 0.4) is 0 Å². The molecule has 1 aliphatic carbocycles. The van der Waals surface area contributed by atoms with Gasteiger partial charge in [-0.2, -0.15) is 0 Å². The second-order valence-electron chi connectivity index (χ2n) is 4.94. The summed E-state index contributed by atoms with van der Waals surface area (Å²) in [5.74, 6) is -0.631. The molecule has 0 saturated heterocycles. The fourth-order valence-corrected chi connectivity index (χ4v) is 1.95. The van der Waals surface area contributed by atoms with Gasteiger partial charge in [-0.3, -0.25) is 0 Å². The summed E-state index contributed by atoms with van der Waals surface area (Å²) in [5.41, 5.74) is -0.109. The van der Waals surface area contributed by atoms with Gasteiger partial charge < -0.3 is 10.2 Å². The number of carbonyl (C=O) groups excluding carboxylic acids is 1. The molecule has 1 aromatic rings. The van der Waals surface area contributed by atoms with E-state index < -0.39 is 11.6 Å². The van der Waals surface area contributed by atoms with Gasteiger partial charge in [0, 0.05) is 19.2 Å². The summed E-state index contributed by atoms with van der Waals surface area (Å²) in [4.78, 5) is 13.7. The molecule has 0 aliphatic heterocycles. The Kier molecular flexibility index (Phi) is 4.35. The smallest absolute Gasteiger partial charge is 0.321 e. The van der Waals surface area contributed by atoms with Crippen molar-refractivity contribution in [2.45, 2.75) is 26.2 Å². The molecule has 0 spiro atoms. The molecule has 0 radical (unpaired) electrons. The number of benzene rings is 1. The van der Waals surface area contributed by atoms with Crippen LogP contribution < -0.4 is 5.32 Å². The van der Waals surface area contributed by atoms with E-state index in [4.69, 9.17) is 0 Å². The van der Waals surface area contributed by atoms with Crippen molar-refractivity contribution in [3.63, 3.8) is 0 Å². The maximum Gasteiger partial charge on any atom is 0.321 e. The first-order chi connectivity index (χ1) is 9.10. The highest BCUT2D eigenvalue weighted by Crippen LogP contribution is 2.30. The van der Waals surface area contributed by atoms with Gasteiger partial charge in [0.1, 0.15) is 11.6 Å². The van der Waals surface area contributed by atoms with Crippen molar-refractivity contribution in [3.8, 4) is 0 Å². The molecule has 3 nitrogen and oxygen atoms in total. The Hall–Kier alpha value is -1.65. The van der Waals surface area contributed by atoms with Crippen molar-refractivity contribution >= 4 is 11.7 Å². The van der Waals surface area contributed by atoms with Gasteiger partial charge in [-0.15, -0.1) is 0 Å². The first-order valence-electron chi connectivity index (χ1n) is 6.61. The second kappa shape index (κ2) is 5.99. The fourth-order valence-electron chi connectivity index (χ4n) is 1.95. The first kappa shape index (κ1) is 13.8. The van der Waals surface area contributed by atoms with Crippen LogP contribution >= 0.6 is 0 Å². The fraction of sp³-hybridized carbons (Fsp3) is 0.500. The number of nitrogens with one attached hydrogen (secondary N) is 1. The molecule has 1 aliphatic rings. The highest BCUT2D eigenvalue weighted by atomic mass is 19.1. The average molecular weight is 268 g/mol. The number of amides is 2. The molecule has 0 heterocycles. The molecule has 0 bridgehead atoms. The van der Waals surface area contributed by atoms with Gasteiger partial charge in [-0.1, -0.05) is 6.92 Å². The summed E-state index contributed by atoms with van der Waals surface area (Å²) in [5, 5.41) is 2.44. The predicted molar refractivity (Wildman–Crippen MR) is 70.0 cm³/mol. The lowest BCUT2D eigenvalue weighted by atomic mass is 10.3. The molecule has 104 valence electrons. The average Bonchev–Trinajstić information content (AvgIpc) is 3.17. The lowest BCUT2D eigenvalue weighted by Gasteiger charge is -2.22. The van der Waals surface area contributed by atoms with E-state index in [0.29, 0.717) is 19.0 Å². The van der Waals surface area contributed by atoms with E-state index in [2.05, 4.69) is 5.32 Å². The summed E-state index contributed by atoms with van der Waals surface area (Å²) in [6, 6.07) is 2.67. The maximum atomic E-state index is 13.5. The molecule has 1 fully saturated rings. The van der Waals surface area contributed by atoms with Crippen LogP contribution in [0.25, 0.3) is 0 Å². The van der Waals surface area contributed by atoms with Crippen molar-refractivity contribution in [3.05, 3.63) is 29.8 Å². The highest BCUT2D eigenvalue weighted by Gasteiger charge is 2.26. The zero-order chi connectivity index (χ0) is 13.8. The Balaban J connectivity index is 2.02. The predicted octanol–water partition coefficient (Wildman–Crippen LogP) is 3.62. The van der Waals surface area contributed by atoms with Crippen LogP contribution in [-0.2, 0) is 0 Å². The Bertz CT molecular complexity index is 461. The van der Waals surface area contributed by atoms with Crippen LogP contribution in [0.2, 0.25) is 0 Å². The summed E-state index contributed by atoms with van der Waals surface area (Å²) < 4.78 is 26.5. The van der Waals surface area contributed by atoms with E-state index in [9.17, 15) is 13.6 Å². The third kappa shape index (κ3) is 3.91. The van der Waals surface area contributed by atoms with E-state index in [0.717, 1.165) is 37.5 Å². The van der Waals surface area contributed by atoms with Crippen LogP contribution in [0, 0.1) is 17.6 Å². The Labute approximate surface area is 111 Å². The number of hydrogen-bond donors (Lipinski definition) is 1. The minimum absolute atomic E-state index is 0.109. The maximum absolute atomic E-state index is 13.5. The summed E-state index contributed by atoms with van der Waals surface area (Å²) >= 11 is 0. The lowest BCUT2D eigenvalue weighted by Crippen LogP contribution is -2.37. The van der Waals surface area contributed by atoms with Gasteiger partial charge in [0.15, 0.2) is 0 Å². The number of anilines is 1. The van der Waals surface area contributed by atoms with Crippen molar-refractivity contribution < 1.29 is 13.6 Å². The first-order valence-corrected chi connectivity index (χ1v) is 6.61. The molecule has 2 rings (SSSR count). The minimum Gasteiger partial charge on any atom is -0.324 e. The van der Waals surface area contributed by atoms with Crippen LogP contribution in [-0.4, -0.2) is 24.0 Å². The van der Waals surface area contributed by atoms with E-state index in [-0.39, 0.29) is 11.7 Å². The number of nitrogens with zero attached hydrogens (tertiary/aromatic N) is 1. The van der Waals surface area contributed by atoms with Crippen LogP contribution in [0.15, 0.2) is 18.2 Å². The largest absolute Gasteiger partial charge is 0.324 e. The minimum atomic E-state index is -0.627. The third-order valence-electron chi connectivity index (χ3n) is 3.13. The zero-order valence-electron chi connectivity index (χ0n) is 11.0. The Morgan fingerprint density at radius 3 is 2.79 bits per heavy atom. The molecule has 0 unspecified atom stereocenters. The van der Waals surface area contributed by atoms with E-state index in [1.54, 1.807) is 4.90 Å². The van der Waals surface area contributed by atoms with E-state index in [1.807, 2.05) is 6.92 Å². The Morgan fingerprint density at radius 2 is 2.16 bits per heavy atom. The van der Waals surface area contributed by atoms with Gasteiger partial charge >= 0.3 is 6.03 Å². The van der Waals surface area contributed by atoms with Gasteiger partial charge in [-0.25, -0.2) is 13.6 Å². The second-order valence-corrected chi connectivity index (χ2v) is 4.94. The Morgan fingerprint density at radius 1 is 1.42 bits per heavy atom. The number of urea groups is 1. The molecule has 2 amide bonds. The number of hydrogen-bond acceptors (Lipinski definition) is 1. The molecule has 1 aromatic carbocycles. The van der Waals surface area contributed by atoms with Gasteiger partial charge in [-0.05, 0) is 37.3 Å². The van der Waals surface area contributed by atoms with Crippen LogP contribution in [0.1, 0.15) is 26.2 Å². The van der Waals surface area contributed by atoms with Gasteiger partial charge in [0.2, 0.25) is 0 Å². The molecule has 0 atom stereocenters. The quantitative estimate of drug-likeness (QED) is 0.869. The van der Waals surface area contributed by atoms with E-state index in [1.165, 1.54) is 0 Å². The van der Waals surface area contributed by atoms with Crippen molar-refractivity contribution in [2.24, 2.45) is 5.92 Å². The van der Waals surface area contributed by atoms with Crippen LogP contribution in [0.4, 0.5) is 19.3 Å². The standard InChI is InChI=1S/C14H18F2N2O/c1-2-7-18(9-10-3-4-10)14(19)17-13-8-11(15)5-6-12(13)16/h5-6,8,10H,2-4,7,9H2,1H3,(H,17,19). The van der Waals surface area contributed by atoms with Gasteiger partial charge in [0.05, 0.1) is 5.69 Å². The van der Waals surface area contributed by atoms with Gasteiger partial charge in [0.25, 0.3) is 0 Å². The molecule has 1 saturated carbocycles. The summed E-state index contributed by atoms with van der Waals surface area (Å²) in [7, 11) is 0. The molecule has 1 N–H and O–H groups in total. The molecule has 5 heteroatoms. The van der Waals surface area contributed by atoms with Crippen molar-refractivity contribution in [1.29, 1.82) is 0 Å². The normalized spacial score (nSPS) is 14.3. The topological polar surface area (TPSA) is 32.3 Å². The monoisotopic (exact) mass is 268 g/mol. The third-order valence-corrected chi connectivity index (χ3v) is 3.13. The van der Waals surface area contributed by atoms with E-state index >= 15 is 0 Å². The number of rotatable bonds is 5. The SMILES string of the molecule is CCCN(CC1CC1)C(=O)Nc1cc(F)ccc1F. The number of carbonyl (C=O) groups is 1. The van der Waals surface area contributed by atoms with Crippen molar-refractivity contribution in [1.82, 2.24) is 4.90 Å². The lowest BCUT2D eigenvalue weighted by molar-refractivity contribution is 0.209. The molecule has 19 heavy (non-hydrogen) atoms. The van der Waals surface area contributed by atoms with Crippen LogP contribution in [0.5, 0.6) is 0 Å². The summed E-state index contributed by atoms with van der Waals surface area (Å²) in [6.07, 6.45) is 3.12. The summed E-state index contributed by atoms with van der Waals surface area (Å²) in [6.45, 7) is 3.30. The van der Waals surface area contributed by atoms with Crippen molar-refractivity contribution in [2.75, 3.05) is 18.4 Å². The zero-order valence-corrected chi connectivity index (χ0v) is 11.0. The molecular weight excluding hydrogens is 250 g/mol. The number of halogens is 2.